The molecule has 0 radical (unpaired) electrons. The minimum absolute atomic E-state index is 0.0701. The number of hydrogen-bond acceptors (Lipinski definition) is 2. The Kier molecular flexibility index (Phi) is 5.26. The molecule has 0 heterocycles. The molecule has 0 bridgehead atoms. The van der Waals surface area contributed by atoms with Crippen molar-refractivity contribution in [2.24, 2.45) is 0 Å². The highest BCUT2D eigenvalue weighted by atomic mass is 32.1. The number of thiol groups is 1. The third kappa shape index (κ3) is 3.96. The highest BCUT2D eigenvalue weighted by Gasteiger charge is 2.10. The van der Waals surface area contributed by atoms with E-state index in [1.54, 1.807) is 0 Å². The lowest BCUT2D eigenvalue weighted by Gasteiger charge is -2.17. The molecule has 0 aliphatic rings. The fourth-order valence-corrected chi connectivity index (χ4v) is 1.68. The largest absolute Gasteiger partial charge is 0.349 e. The van der Waals surface area contributed by atoms with Gasteiger partial charge in [-0.05, 0) is 17.7 Å². The van der Waals surface area contributed by atoms with Crippen molar-refractivity contribution in [3.05, 3.63) is 35.9 Å². The minimum atomic E-state index is 0.0701. The number of carbonyl (C=O) groups is 1. The molecule has 0 aliphatic heterocycles. The molecule has 1 unspecified atom stereocenters. The van der Waals surface area contributed by atoms with Crippen LogP contribution in [0.15, 0.2) is 30.3 Å². The van der Waals surface area contributed by atoms with E-state index in [0.717, 1.165) is 12.0 Å². The molecule has 2 nitrogen and oxygen atoms in total. The van der Waals surface area contributed by atoms with Crippen LogP contribution in [0.1, 0.15) is 31.4 Å². The van der Waals surface area contributed by atoms with Gasteiger partial charge in [-0.2, -0.15) is 12.6 Å². The second-order valence-corrected chi connectivity index (χ2v) is 3.86. The average Bonchev–Trinajstić information content (AvgIpc) is 2.27. The van der Waals surface area contributed by atoms with Crippen molar-refractivity contribution in [2.45, 2.75) is 25.8 Å². The molecule has 15 heavy (non-hydrogen) atoms. The second-order valence-electron chi connectivity index (χ2n) is 3.41. The molecule has 1 aromatic carbocycles. The molecule has 0 fully saturated rings. The molecular formula is C12H17NOS. The maximum Gasteiger partial charge on any atom is 0.221 e. The van der Waals surface area contributed by atoms with E-state index in [1.807, 2.05) is 30.3 Å². The zero-order chi connectivity index (χ0) is 11.1. The Hall–Kier alpha value is -0.960. The number of nitrogens with one attached hydrogen (secondary N) is 1. The summed E-state index contributed by atoms with van der Waals surface area (Å²) < 4.78 is 0. The molecule has 0 saturated heterocycles. The van der Waals surface area contributed by atoms with Crippen molar-refractivity contribution < 1.29 is 4.79 Å². The van der Waals surface area contributed by atoms with Gasteiger partial charge in [0.1, 0.15) is 0 Å². The summed E-state index contributed by atoms with van der Waals surface area (Å²) in [4.78, 5) is 11.4. The van der Waals surface area contributed by atoms with Gasteiger partial charge in [-0.25, -0.2) is 0 Å². The number of amides is 1. The van der Waals surface area contributed by atoms with Crippen LogP contribution >= 0.6 is 12.6 Å². The Bertz CT molecular complexity index is 300. The first kappa shape index (κ1) is 12.1. The fourth-order valence-electron chi connectivity index (χ4n) is 1.47. The molecule has 82 valence electrons. The molecule has 0 aliphatic carbocycles. The van der Waals surface area contributed by atoms with Crippen LogP contribution in [0.25, 0.3) is 0 Å². The van der Waals surface area contributed by atoms with Gasteiger partial charge in [0.05, 0.1) is 6.04 Å². The van der Waals surface area contributed by atoms with Gasteiger partial charge in [0.2, 0.25) is 5.91 Å². The van der Waals surface area contributed by atoms with Gasteiger partial charge in [-0.3, -0.25) is 4.79 Å². The summed E-state index contributed by atoms with van der Waals surface area (Å²) in [5.74, 6) is 0.664. The first-order chi connectivity index (χ1) is 7.27. The zero-order valence-electron chi connectivity index (χ0n) is 8.94. The van der Waals surface area contributed by atoms with Crippen LogP contribution in [0, 0.1) is 0 Å². The molecule has 0 saturated carbocycles. The van der Waals surface area contributed by atoms with Gasteiger partial charge in [0.25, 0.3) is 0 Å². The number of carbonyl (C=O) groups excluding carboxylic acids is 1. The molecule has 1 atom stereocenters. The number of hydrogen-bond donors (Lipinski definition) is 2. The summed E-state index contributed by atoms with van der Waals surface area (Å²) in [5.41, 5.74) is 1.16. The smallest absolute Gasteiger partial charge is 0.221 e. The van der Waals surface area contributed by atoms with Crippen molar-refractivity contribution in [3.8, 4) is 0 Å². The second kappa shape index (κ2) is 6.51. The van der Waals surface area contributed by atoms with E-state index in [1.165, 1.54) is 0 Å². The van der Waals surface area contributed by atoms with E-state index < -0.39 is 0 Å². The summed E-state index contributed by atoms with van der Waals surface area (Å²) in [6, 6.07) is 10.2. The van der Waals surface area contributed by atoms with Crippen LogP contribution in [-0.4, -0.2) is 11.7 Å². The number of rotatable bonds is 5. The predicted octanol–water partition coefficient (Wildman–Crippen LogP) is 2.57. The lowest BCUT2D eigenvalue weighted by molar-refractivity contribution is -0.121. The Morgan fingerprint density at radius 1 is 1.40 bits per heavy atom. The van der Waals surface area contributed by atoms with Crippen LogP contribution in [0.2, 0.25) is 0 Å². The highest BCUT2D eigenvalue weighted by molar-refractivity contribution is 7.80. The van der Waals surface area contributed by atoms with Gasteiger partial charge in [-0.1, -0.05) is 37.3 Å². The van der Waals surface area contributed by atoms with Crippen LogP contribution in [0.3, 0.4) is 0 Å². The van der Waals surface area contributed by atoms with Crippen molar-refractivity contribution in [3.63, 3.8) is 0 Å². The van der Waals surface area contributed by atoms with Crippen LogP contribution in [0.5, 0.6) is 0 Å². The van der Waals surface area contributed by atoms with E-state index in [9.17, 15) is 4.79 Å². The summed E-state index contributed by atoms with van der Waals surface area (Å²) in [6.07, 6.45) is 1.38. The lowest BCUT2D eigenvalue weighted by atomic mass is 10.0. The molecule has 3 heteroatoms. The molecule has 1 N–H and O–H groups in total. The third-order valence-corrected chi connectivity index (χ3v) is 2.51. The predicted molar refractivity (Wildman–Crippen MR) is 66.1 cm³/mol. The van der Waals surface area contributed by atoms with E-state index in [4.69, 9.17) is 0 Å². The Balaban J connectivity index is 2.61. The summed E-state index contributed by atoms with van der Waals surface area (Å²) in [6.45, 7) is 2.07. The average molecular weight is 223 g/mol. The zero-order valence-corrected chi connectivity index (χ0v) is 9.84. The topological polar surface area (TPSA) is 29.1 Å². The van der Waals surface area contributed by atoms with E-state index >= 15 is 0 Å². The van der Waals surface area contributed by atoms with E-state index in [2.05, 4.69) is 24.9 Å². The first-order valence-corrected chi connectivity index (χ1v) is 5.86. The summed E-state index contributed by atoms with van der Waals surface area (Å²) in [5, 5.41) is 3.00. The summed E-state index contributed by atoms with van der Waals surface area (Å²) in [7, 11) is 0. The number of benzene rings is 1. The van der Waals surface area contributed by atoms with Gasteiger partial charge in [-0.15, -0.1) is 0 Å². The molecule has 0 spiro atoms. The highest BCUT2D eigenvalue weighted by Crippen LogP contribution is 2.15. The SMILES string of the molecule is CCC(NC(=O)CCS)c1ccccc1. The van der Waals surface area contributed by atoms with Crippen LogP contribution in [0.4, 0.5) is 0 Å². The molecule has 1 amide bonds. The van der Waals surface area contributed by atoms with Crippen molar-refractivity contribution >= 4 is 18.5 Å². The van der Waals surface area contributed by atoms with Crippen molar-refractivity contribution in [1.82, 2.24) is 5.32 Å². The Morgan fingerprint density at radius 2 is 2.07 bits per heavy atom. The maximum absolute atomic E-state index is 11.4. The molecule has 0 aromatic heterocycles. The lowest BCUT2D eigenvalue weighted by Crippen LogP contribution is -2.28. The maximum atomic E-state index is 11.4. The van der Waals surface area contributed by atoms with Gasteiger partial charge in [0.15, 0.2) is 0 Å². The third-order valence-electron chi connectivity index (χ3n) is 2.28. The van der Waals surface area contributed by atoms with Crippen molar-refractivity contribution in [1.29, 1.82) is 0 Å². The Morgan fingerprint density at radius 3 is 2.60 bits per heavy atom. The van der Waals surface area contributed by atoms with Gasteiger partial charge >= 0.3 is 0 Å². The fraction of sp³-hybridized carbons (Fsp3) is 0.417. The molecule has 1 aromatic rings. The quantitative estimate of drug-likeness (QED) is 0.738. The first-order valence-electron chi connectivity index (χ1n) is 5.23. The Labute approximate surface area is 96.5 Å². The van der Waals surface area contributed by atoms with Crippen molar-refractivity contribution in [2.75, 3.05) is 5.75 Å². The van der Waals surface area contributed by atoms with Gasteiger partial charge in [0, 0.05) is 6.42 Å². The normalized spacial score (nSPS) is 12.1. The van der Waals surface area contributed by atoms with Crippen LogP contribution < -0.4 is 5.32 Å². The monoisotopic (exact) mass is 223 g/mol. The minimum Gasteiger partial charge on any atom is -0.349 e. The molecular weight excluding hydrogens is 206 g/mol. The molecule has 1 rings (SSSR count). The van der Waals surface area contributed by atoms with Crippen LogP contribution in [-0.2, 0) is 4.79 Å². The standard InChI is InChI=1S/C12H17NOS/c1-2-11(13-12(14)8-9-15)10-6-4-3-5-7-10/h3-7,11,15H,2,8-9H2,1H3,(H,13,14). The summed E-state index contributed by atoms with van der Waals surface area (Å²) >= 11 is 4.04. The van der Waals surface area contributed by atoms with Gasteiger partial charge < -0.3 is 5.32 Å². The van der Waals surface area contributed by atoms with E-state index in [-0.39, 0.29) is 11.9 Å². The van der Waals surface area contributed by atoms with E-state index in [0.29, 0.717) is 12.2 Å².